The monoisotopic (exact) mass is 216 g/mol. The van der Waals surface area contributed by atoms with E-state index in [-0.39, 0.29) is 12.1 Å². The van der Waals surface area contributed by atoms with Crippen LogP contribution < -0.4 is 0 Å². The molecular weight excluding hydrogens is 200 g/mol. The summed E-state index contributed by atoms with van der Waals surface area (Å²) in [5, 5.41) is 0. The molecule has 0 saturated carbocycles. The first-order chi connectivity index (χ1) is 7.57. The van der Waals surface area contributed by atoms with E-state index in [1.54, 1.807) is 0 Å². The Kier molecular flexibility index (Phi) is 1.91. The average molecular weight is 216 g/mol. The summed E-state index contributed by atoms with van der Waals surface area (Å²) in [5.74, 6) is -0.137. The Morgan fingerprint density at radius 2 is 2.19 bits per heavy atom. The Labute approximate surface area is 95.6 Å². The number of esters is 1. The highest BCUT2D eigenvalue weighted by atomic mass is 16.5. The molecule has 1 aromatic rings. The smallest absolute Gasteiger partial charge is 0.339 e. The number of carbonyl (C=O) groups excluding carboxylic acids is 1. The second kappa shape index (κ2) is 3.09. The maximum atomic E-state index is 11.7. The normalized spacial score (nSPS) is 25.9. The van der Waals surface area contributed by atoms with Gasteiger partial charge in [0, 0.05) is 5.56 Å². The van der Waals surface area contributed by atoms with Gasteiger partial charge in [-0.3, -0.25) is 0 Å². The van der Waals surface area contributed by atoms with Crippen molar-refractivity contribution >= 4 is 5.97 Å². The quantitative estimate of drug-likeness (QED) is 0.622. The Hall–Kier alpha value is -1.31. The van der Waals surface area contributed by atoms with E-state index < -0.39 is 0 Å². The second-order valence-electron chi connectivity index (χ2n) is 5.65. The maximum Gasteiger partial charge on any atom is 0.339 e. The third kappa shape index (κ3) is 1.36. The Balaban J connectivity index is 2.17. The molecule has 1 heterocycles. The third-order valence-electron chi connectivity index (χ3n) is 3.74. The van der Waals surface area contributed by atoms with Crippen molar-refractivity contribution in [3.63, 3.8) is 0 Å². The lowest BCUT2D eigenvalue weighted by Gasteiger charge is -2.22. The second-order valence-corrected chi connectivity index (χ2v) is 5.65. The minimum absolute atomic E-state index is 0.0143. The standard InChI is InChI=1S/C14H16O2/c1-14(2)7-6-11-12-9(8-14)4-3-5-10(12)13(15)16-11/h3-5,11H,6-8H2,1-2H3. The van der Waals surface area contributed by atoms with Crippen LogP contribution in [-0.2, 0) is 11.2 Å². The SMILES string of the molecule is CC1(C)CCC2OC(=O)c3cccc(c32)C1. The van der Waals surface area contributed by atoms with E-state index >= 15 is 0 Å². The van der Waals surface area contributed by atoms with Crippen molar-refractivity contribution in [3.8, 4) is 0 Å². The minimum atomic E-state index is -0.137. The van der Waals surface area contributed by atoms with E-state index in [1.165, 1.54) is 5.56 Å². The van der Waals surface area contributed by atoms with Crippen LogP contribution in [0.5, 0.6) is 0 Å². The van der Waals surface area contributed by atoms with Gasteiger partial charge >= 0.3 is 5.97 Å². The van der Waals surface area contributed by atoms with Gasteiger partial charge in [-0.1, -0.05) is 26.0 Å². The average Bonchev–Trinajstić information content (AvgIpc) is 2.47. The van der Waals surface area contributed by atoms with Crippen LogP contribution in [0.4, 0.5) is 0 Å². The molecule has 3 rings (SSSR count). The molecular formula is C14H16O2. The molecule has 1 aliphatic carbocycles. The summed E-state index contributed by atoms with van der Waals surface area (Å²) in [6, 6.07) is 6.00. The molecule has 0 N–H and O–H groups in total. The maximum absolute atomic E-state index is 11.7. The molecule has 0 spiro atoms. The summed E-state index contributed by atoms with van der Waals surface area (Å²) < 4.78 is 5.45. The molecule has 0 fully saturated rings. The largest absolute Gasteiger partial charge is 0.454 e. The molecule has 1 atom stereocenters. The molecule has 2 heteroatoms. The molecule has 0 amide bonds. The summed E-state index contributed by atoms with van der Waals surface area (Å²) in [5.41, 5.74) is 3.57. The fourth-order valence-electron chi connectivity index (χ4n) is 2.91. The first-order valence-electron chi connectivity index (χ1n) is 5.90. The van der Waals surface area contributed by atoms with Crippen molar-refractivity contribution in [1.82, 2.24) is 0 Å². The summed E-state index contributed by atoms with van der Waals surface area (Å²) in [7, 11) is 0. The van der Waals surface area contributed by atoms with Gasteiger partial charge in [-0.2, -0.15) is 0 Å². The Bertz CT molecular complexity index is 460. The lowest BCUT2D eigenvalue weighted by molar-refractivity contribution is 0.0351. The molecule has 1 unspecified atom stereocenters. The van der Waals surface area contributed by atoms with Crippen LogP contribution in [-0.4, -0.2) is 5.97 Å². The molecule has 0 bridgehead atoms. The molecule has 84 valence electrons. The first-order valence-corrected chi connectivity index (χ1v) is 5.90. The number of hydrogen-bond donors (Lipinski definition) is 0. The van der Waals surface area contributed by atoms with Gasteiger partial charge < -0.3 is 4.74 Å². The molecule has 2 aliphatic rings. The van der Waals surface area contributed by atoms with Gasteiger partial charge in [-0.15, -0.1) is 0 Å². The zero-order chi connectivity index (χ0) is 11.3. The van der Waals surface area contributed by atoms with E-state index in [4.69, 9.17) is 4.74 Å². The molecule has 16 heavy (non-hydrogen) atoms. The van der Waals surface area contributed by atoms with Crippen LogP contribution in [0.2, 0.25) is 0 Å². The Morgan fingerprint density at radius 1 is 1.38 bits per heavy atom. The highest BCUT2D eigenvalue weighted by Crippen LogP contribution is 2.44. The van der Waals surface area contributed by atoms with Crippen molar-refractivity contribution < 1.29 is 9.53 Å². The van der Waals surface area contributed by atoms with Crippen LogP contribution >= 0.6 is 0 Å². The predicted octanol–water partition coefficient (Wildman–Crippen LogP) is 3.26. The summed E-state index contributed by atoms with van der Waals surface area (Å²) >= 11 is 0. The summed E-state index contributed by atoms with van der Waals surface area (Å²) in [4.78, 5) is 11.7. The van der Waals surface area contributed by atoms with Gasteiger partial charge in [-0.25, -0.2) is 4.79 Å². The third-order valence-corrected chi connectivity index (χ3v) is 3.74. The van der Waals surface area contributed by atoms with Crippen LogP contribution in [0.25, 0.3) is 0 Å². The zero-order valence-electron chi connectivity index (χ0n) is 9.75. The van der Waals surface area contributed by atoms with Gasteiger partial charge in [0.05, 0.1) is 5.56 Å². The lowest BCUT2D eigenvalue weighted by Crippen LogP contribution is -2.14. The minimum Gasteiger partial charge on any atom is -0.454 e. The van der Waals surface area contributed by atoms with Gasteiger partial charge in [-0.05, 0) is 36.3 Å². The molecule has 0 radical (unpaired) electrons. The van der Waals surface area contributed by atoms with Crippen LogP contribution in [0.1, 0.15) is 54.3 Å². The number of benzene rings is 1. The van der Waals surface area contributed by atoms with E-state index in [0.29, 0.717) is 5.41 Å². The van der Waals surface area contributed by atoms with Crippen LogP contribution in [0.3, 0.4) is 0 Å². The zero-order valence-corrected chi connectivity index (χ0v) is 9.75. The number of ether oxygens (including phenoxy) is 1. The number of rotatable bonds is 0. The van der Waals surface area contributed by atoms with Crippen molar-refractivity contribution in [2.45, 2.75) is 39.2 Å². The first kappa shape index (κ1) is 9.88. The lowest BCUT2D eigenvalue weighted by atomic mass is 9.83. The van der Waals surface area contributed by atoms with Crippen molar-refractivity contribution in [2.75, 3.05) is 0 Å². The van der Waals surface area contributed by atoms with E-state index in [9.17, 15) is 4.79 Å². The predicted molar refractivity (Wildman–Crippen MR) is 61.3 cm³/mol. The van der Waals surface area contributed by atoms with Crippen molar-refractivity contribution in [2.24, 2.45) is 5.41 Å². The van der Waals surface area contributed by atoms with Crippen molar-refractivity contribution in [1.29, 1.82) is 0 Å². The van der Waals surface area contributed by atoms with Gasteiger partial charge in [0.15, 0.2) is 0 Å². The summed E-state index contributed by atoms with van der Waals surface area (Å²) in [6.45, 7) is 4.57. The van der Waals surface area contributed by atoms with Crippen LogP contribution in [0.15, 0.2) is 18.2 Å². The molecule has 1 aliphatic heterocycles. The highest BCUT2D eigenvalue weighted by Gasteiger charge is 2.37. The fourth-order valence-corrected chi connectivity index (χ4v) is 2.91. The molecule has 0 aromatic heterocycles. The number of carbonyl (C=O) groups is 1. The number of hydrogen-bond acceptors (Lipinski definition) is 2. The van der Waals surface area contributed by atoms with E-state index in [1.807, 2.05) is 12.1 Å². The highest BCUT2D eigenvalue weighted by molar-refractivity contribution is 5.94. The topological polar surface area (TPSA) is 26.3 Å². The van der Waals surface area contributed by atoms with Gasteiger partial charge in [0.2, 0.25) is 0 Å². The molecule has 0 saturated heterocycles. The fraction of sp³-hybridized carbons (Fsp3) is 0.500. The van der Waals surface area contributed by atoms with Crippen LogP contribution in [0, 0.1) is 5.41 Å². The van der Waals surface area contributed by atoms with Gasteiger partial charge in [0.25, 0.3) is 0 Å². The van der Waals surface area contributed by atoms with Crippen molar-refractivity contribution in [3.05, 3.63) is 34.9 Å². The summed E-state index contributed by atoms with van der Waals surface area (Å²) in [6.07, 6.45) is 3.13. The molecule has 2 nitrogen and oxygen atoms in total. The van der Waals surface area contributed by atoms with E-state index in [2.05, 4.69) is 19.9 Å². The Morgan fingerprint density at radius 3 is 3.00 bits per heavy atom. The van der Waals surface area contributed by atoms with E-state index in [0.717, 1.165) is 30.4 Å². The molecule has 1 aromatic carbocycles. The van der Waals surface area contributed by atoms with Gasteiger partial charge in [0.1, 0.15) is 6.10 Å².